The standard InChI is InChI=1S/C20H24N4O2.2ClH/c1-14(22-20(26)17-9-2-3-10-18(17)21)19(25)23-15-7-6-8-16(13-15)24-11-4-5-12-24;;/h2-3,6-10,13-14H,4-5,11-12,21H2,1H3,(H,22,26)(H,23,25);2*1H. The highest BCUT2D eigenvalue weighted by atomic mass is 35.5. The fraction of sp³-hybridized carbons (Fsp3) is 0.300. The Kier molecular flexibility index (Phi) is 9.09. The zero-order chi connectivity index (χ0) is 18.5. The summed E-state index contributed by atoms with van der Waals surface area (Å²) in [6.45, 7) is 3.74. The first-order valence-electron chi connectivity index (χ1n) is 8.86. The highest BCUT2D eigenvalue weighted by Crippen LogP contribution is 2.23. The zero-order valence-corrected chi connectivity index (χ0v) is 17.3. The molecule has 0 radical (unpaired) electrons. The number of rotatable bonds is 5. The normalized spacial score (nSPS) is 13.7. The van der Waals surface area contributed by atoms with Gasteiger partial charge in [-0.2, -0.15) is 0 Å². The van der Waals surface area contributed by atoms with E-state index in [-0.39, 0.29) is 36.6 Å². The van der Waals surface area contributed by atoms with Crippen molar-refractivity contribution in [1.29, 1.82) is 0 Å². The minimum Gasteiger partial charge on any atom is -0.398 e. The minimum absolute atomic E-state index is 0. The van der Waals surface area contributed by atoms with Gasteiger partial charge in [0.05, 0.1) is 5.56 Å². The second-order valence-electron chi connectivity index (χ2n) is 6.52. The molecule has 1 atom stereocenters. The number of halogens is 2. The highest BCUT2D eigenvalue weighted by molar-refractivity contribution is 6.03. The minimum atomic E-state index is -0.683. The van der Waals surface area contributed by atoms with Gasteiger partial charge in [0.25, 0.3) is 5.91 Å². The number of benzene rings is 2. The fourth-order valence-electron chi connectivity index (χ4n) is 3.05. The number of carbonyl (C=O) groups is 2. The van der Waals surface area contributed by atoms with Gasteiger partial charge in [-0.15, -0.1) is 24.8 Å². The van der Waals surface area contributed by atoms with Crippen LogP contribution in [-0.4, -0.2) is 30.9 Å². The molecule has 28 heavy (non-hydrogen) atoms. The van der Waals surface area contributed by atoms with E-state index in [9.17, 15) is 9.59 Å². The molecule has 1 aliphatic heterocycles. The van der Waals surface area contributed by atoms with Crippen molar-refractivity contribution in [2.24, 2.45) is 0 Å². The van der Waals surface area contributed by atoms with Crippen LogP contribution in [0.25, 0.3) is 0 Å². The van der Waals surface area contributed by atoms with Crippen molar-refractivity contribution >= 4 is 53.7 Å². The van der Waals surface area contributed by atoms with Crippen LogP contribution >= 0.6 is 24.8 Å². The van der Waals surface area contributed by atoms with Gasteiger partial charge in [0, 0.05) is 30.2 Å². The molecule has 152 valence electrons. The topological polar surface area (TPSA) is 87.5 Å². The maximum atomic E-state index is 12.4. The van der Waals surface area contributed by atoms with Crippen LogP contribution in [0.2, 0.25) is 0 Å². The van der Waals surface area contributed by atoms with Gasteiger partial charge >= 0.3 is 0 Å². The van der Waals surface area contributed by atoms with Crippen molar-refractivity contribution in [3.63, 3.8) is 0 Å². The molecule has 2 amide bonds. The lowest BCUT2D eigenvalue weighted by molar-refractivity contribution is -0.117. The van der Waals surface area contributed by atoms with Crippen LogP contribution in [-0.2, 0) is 4.79 Å². The van der Waals surface area contributed by atoms with E-state index in [0.717, 1.165) is 24.5 Å². The van der Waals surface area contributed by atoms with Gasteiger partial charge in [-0.1, -0.05) is 18.2 Å². The monoisotopic (exact) mass is 424 g/mol. The van der Waals surface area contributed by atoms with Gasteiger partial charge in [-0.05, 0) is 50.1 Å². The van der Waals surface area contributed by atoms with Gasteiger partial charge in [0.15, 0.2) is 0 Å². The number of hydrogen-bond donors (Lipinski definition) is 3. The quantitative estimate of drug-likeness (QED) is 0.641. The van der Waals surface area contributed by atoms with Crippen LogP contribution in [0.3, 0.4) is 0 Å². The van der Waals surface area contributed by atoms with Gasteiger partial charge in [0.2, 0.25) is 5.91 Å². The number of para-hydroxylation sites is 1. The van der Waals surface area contributed by atoms with Crippen LogP contribution in [0.1, 0.15) is 30.1 Å². The van der Waals surface area contributed by atoms with Crippen LogP contribution in [0.15, 0.2) is 48.5 Å². The molecule has 1 fully saturated rings. The van der Waals surface area contributed by atoms with E-state index in [1.54, 1.807) is 31.2 Å². The molecule has 8 heteroatoms. The largest absolute Gasteiger partial charge is 0.398 e. The van der Waals surface area contributed by atoms with E-state index in [1.165, 1.54) is 12.8 Å². The summed E-state index contributed by atoms with van der Waals surface area (Å²) in [4.78, 5) is 27.0. The Morgan fingerprint density at radius 3 is 2.39 bits per heavy atom. The Morgan fingerprint density at radius 2 is 1.71 bits per heavy atom. The van der Waals surface area contributed by atoms with Crippen molar-refractivity contribution in [2.75, 3.05) is 29.0 Å². The molecule has 1 heterocycles. The molecule has 0 saturated carbocycles. The molecule has 2 aromatic rings. The number of nitrogens with zero attached hydrogens (tertiary/aromatic N) is 1. The highest BCUT2D eigenvalue weighted by Gasteiger charge is 2.19. The maximum absolute atomic E-state index is 12.4. The Balaban J connectivity index is 0.00000196. The molecule has 4 N–H and O–H groups in total. The molecule has 1 saturated heterocycles. The first-order valence-corrected chi connectivity index (χ1v) is 8.86. The van der Waals surface area contributed by atoms with E-state index in [2.05, 4.69) is 15.5 Å². The summed E-state index contributed by atoms with van der Waals surface area (Å²) in [7, 11) is 0. The van der Waals surface area contributed by atoms with Gasteiger partial charge in [-0.3, -0.25) is 9.59 Å². The van der Waals surface area contributed by atoms with E-state index in [0.29, 0.717) is 11.3 Å². The Hall–Kier alpha value is -2.44. The summed E-state index contributed by atoms with van der Waals surface area (Å²) < 4.78 is 0. The second-order valence-corrected chi connectivity index (χ2v) is 6.52. The second kappa shape index (κ2) is 10.8. The maximum Gasteiger partial charge on any atom is 0.254 e. The number of anilines is 3. The summed E-state index contributed by atoms with van der Waals surface area (Å²) in [5.41, 5.74) is 8.38. The van der Waals surface area contributed by atoms with Crippen molar-refractivity contribution < 1.29 is 9.59 Å². The lowest BCUT2D eigenvalue weighted by atomic mass is 10.1. The van der Waals surface area contributed by atoms with E-state index in [4.69, 9.17) is 5.73 Å². The first kappa shape index (κ1) is 23.6. The average Bonchev–Trinajstić information content (AvgIpc) is 3.17. The third-order valence-corrected chi connectivity index (χ3v) is 4.53. The lowest BCUT2D eigenvalue weighted by Gasteiger charge is -2.19. The van der Waals surface area contributed by atoms with Crippen LogP contribution in [0.4, 0.5) is 17.1 Å². The molecule has 0 bridgehead atoms. The smallest absolute Gasteiger partial charge is 0.254 e. The van der Waals surface area contributed by atoms with Crippen molar-refractivity contribution in [3.8, 4) is 0 Å². The van der Waals surface area contributed by atoms with Crippen molar-refractivity contribution in [2.45, 2.75) is 25.8 Å². The van der Waals surface area contributed by atoms with Crippen molar-refractivity contribution in [3.05, 3.63) is 54.1 Å². The van der Waals surface area contributed by atoms with Gasteiger partial charge in [-0.25, -0.2) is 0 Å². The Labute approximate surface area is 177 Å². The summed E-state index contributed by atoms with van der Waals surface area (Å²) in [5, 5.41) is 5.55. The van der Waals surface area contributed by atoms with E-state index < -0.39 is 6.04 Å². The van der Waals surface area contributed by atoms with Gasteiger partial charge in [0.1, 0.15) is 6.04 Å². The van der Waals surface area contributed by atoms with Crippen LogP contribution < -0.4 is 21.3 Å². The Morgan fingerprint density at radius 1 is 1.04 bits per heavy atom. The van der Waals surface area contributed by atoms with E-state index in [1.807, 2.05) is 24.3 Å². The molecular weight excluding hydrogens is 399 g/mol. The fourth-order valence-corrected chi connectivity index (χ4v) is 3.05. The summed E-state index contributed by atoms with van der Waals surface area (Å²) in [5.74, 6) is -0.636. The molecule has 1 aliphatic rings. The summed E-state index contributed by atoms with van der Waals surface area (Å²) >= 11 is 0. The number of nitrogen functional groups attached to an aromatic ring is 1. The van der Waals surface area contributed by atoms with E-state index >= 15 is 0 Å². The molecule has 0 aliphatic carbocycles. The molecule has 0 spiro atoms. The number of nitrogens with one attached hydrogen (secondary N) is 2. The number of amides is 2. The third kappa shape index (κ3) is 5.78. The predicted molar refractivity (Wildman–Crippen MR) is 119 cm³/mol. The molecule has 3 rings (SSSR count). The summed E-state index contributed by atoms with van der Waals surface area (Å²) in [6.07, 6.45) is 2.39. The first-order chi connectivity index (χ1) is 12.5. The molecule has 6 nitrogen and oxygen atoms in total. The number of nitrogens with two attached hydrogens (primary N) is 1. The average molecular weight is 425 g/mol. The third-order valence-electron chi connectivity index (χ3n) is 4.53. The van der Waals surface area contributed by atoms with Crippen LogP contribution in [0.5, 0.6) is 0 Å². The molecule has 1 unspecified atom stereocenters. The Bertz CT molecular complexity index is 810. The van der Waals surface area contributed by atoms with Crippen molar-refractivity contribution in [1.82, 2.24) is 5.32 Å². The SMILES string of the molecule is CC(NC(=O)c1ccccc1N)C(=O)Nc1cccc(N2CCCC2)c1.Cl.Cl. The predicted octanol–water partition coefficient (Wildman–Crippen LogP) is 3.47. The number of hydrogen-bond acceptors (Lipinski definition) is 4. The number of carbonyl (C=O) groups excluding carboxylic acids is 2. The lowest BCUT2D eigenvalue weighted by Crippen LogP contribution is -2.41. The van der Waals surface area contributed by atoms with Gasteiger partial charge < -0.3 is 21.3 Å². The summed E-state index contributed by atoms with van der Waals surface area (Å²) in [6, 6.07) is 13.9. The zero-order valence-electron chi connectivity index (χ0n) is 15.7. The van der Waals surface area contributed by atoms with Crippen LogP contribution in [0, 0.1) is 0 Å². The molecule has 0 aromatic heterocycles. The molecule has 2 aromatic carbocycles. The molecular formula is C20H26Cl2N4O2.